The van der Waals surface area contributed by atoms with Crippen molar-refractivity contribution in [3.63, 3.8) is 0 Å². The van der Waals surface area contributed by atoms with Gasteiger partial charge in [-0.3, -0.25) is 0 Å². The van der Waals surface area contributed by atoms with Crippen LogP contribution in [0.25, 0.3) is 4.98 Å². The monoisotopic (exact) mass is 225 g/mol. The van der Waals surface area contributed by atoms with Crippen molar-refractivity contribution in [1.82, 2.24) is 0 Å². The van der Waals surface area contributed by atoms with Gasteiger partial charge in [-0.25, -0.2) is 0 Å². The van der Waals surface area contributed by atoms with E-state index in [4.69, 9.17) is 11.5 Å². The van der Waals surface area contributed by atoms with E-state index in [1.54, 1.807) is 0 Å². The van der Waals surface area contributed by atoms with Gasteiger partial charge in [-0.1, -0.05) is 27.2 Å². The first kappa shape index (κ1) is 11.3. The van der Waals surface area contributed by atoms with Crippen molar-refractivity contribution in [3.8, 4) is 0 Å². The molecule has 0 saturated heterocycles. The predicted octanol–water partition coefficient (Wildman–Crippen LogP) is 2.48. The van der Waals surface area contributed by atoms with Gasteiger partial charge in [0.25, 0.3) is 0 Å². The van der Waals surface area contributed by atoms with Gasteiger partial charge in [0.15, 0.2) is 6.35 Å². The molecule has 1 fully saturated rings. The van der Waals surface area contributed by atoms with Crippen molar-refractivity contribution < 1.29 is 11.2 Å². The largest absolute Gasteiger partial charge is 0.605 e. The second-order valence-corrected chi connectivity index (χ2v) is 4.98. The van der Waals surface area contributed by atoms with Crippen LogP contribution in [0.2, 0.25) is 0 Å². The average molecular weight is 225 g/mol. The Bertz CT molecular complexity index is 336. The summed E-state index contributed by atoms with van der Waals surface area (Å²) in [5, 5.41) is 19.8. The summed E-state index contributed by atoms with van der Waals surface area (Å²) < 4.78 is 12.4. The van der Waals surface area contributed by atoms with Crippen LogP contribution < -0.4 is 5.11 Å². The zero-order valence-corrected chi connectivity index (χ0v) is 10.1. The van der Waals surface area contributed by atoms with Gasteiger partial charge in [-0.05, 0) is 30.6 Å². The standard InChI is InChI=1S/C12H20N2O2/c1-8(2)10-5-4-9(3)6-11(10)16-12(15)7-14-13/h7-11H,4-6H2,1-3H3/b12-7+/t9-,10+,11-/m1/s1/i7D. The first-order chi connectivity index (χ1) is 7.95. The molecular formula is C12H20N2O2. The van der Waals surface area contributed by atoms with Crippen LogP contribution in [0.3, 0.4) is 0 Å². The molecule has 90 valence electrons. The highest BCUT2D eigenvalue weighted by Gasteiger charge is 2.28. The molecule has 1 aliphatic rings. The Labute approximate surface area is 98.3 Å². The molecule has 0 aromatic heterocycles. The van der Waals surface area contributed by atoms with Gasteiger partial charge < -0.3 is 9.84 Å². The number of rotatable bonds is 3. The van der Waals surface area contributed by atoms with Gasteiger partial charge in [0, 0.05) is 6.10 Å². The summed E-state index contributed by atoms with van der Waals surface area (Å²) in [6.07, 6.45) is 2.13. The molecule has 16 heavy (non-hydrogen) atoms. The average Bonchev–Trinajstić information content (AvgIpc) is 2.27. The van der Waals surface area contributed by atoms with Crippen LogP contribution in [-0.4, -0.2) is 6.10 Å². The molecule has 0 heterocycles. The Hall–Kier alpha value is -1.24. The van der Waals surface area contributed by atoms with E-state index >= 15 is 0 Å². The summed E-state index contributed by atoms with van der Waals surface area (Å²) in [7, 11) is 0. The fourth-order valence-corrected chi connectivity index (χ4v) is 2.45. The van der Waals surface area contributed by atoms with E-state index in [9.17, 15) is 5.11 Å². The van der Waals surface area contributed by atoms with Gasteiger partial charge >= 0.3 is 6.18 Å². The van der Waals surface area contributed by atoms with Gasteiger partial charge in [-0.15, -0.1) is 0 Å². The number of hydrogen-bond acceptors (Lipinski definition) is 3. The third-order valence-corrected chi connectivity index (χ3v) is 3.36. The maximum Gasteiger partial charge on any atom is 0.372 e. The third-order valence-electron chi connectivity index (χ3n) is 3.36. The second kappa shape index (κ2) is 5.74. The smallest absolute Gasteiger partial charge is 0.372 e. The number of nitrogens with zero attached hydrogens (tertiary/aromatic N) is 2. The molecule has 1 saturated carbocycles. The Morgan fingerprint density at radius 1 is 1.62 bits per heavy atom. The van der Waals surface area contributed by atoms with Crippen LogP contribution in [0.4, 0.5) is 0 Å². The highest BCUT2D eigenvalue weighted by atomic mass is 16.6. The lowest BCUT2D eigenvalue weighted by Gasteiger charge is -2.41. The minimum atomic E-state index is -0.836. The summed E-state index contributed by atoms with van der Waals surface area (Å²) in [6.45, 7) is 6.37. The Balaban J connectivity index is 2.74. The van der Waals surface area contributed by atoms with Gasteiger partial charge in [0.2, 0.25) is 5.39 Å². The Morgan fingerprint density at radius 2 is 2.31 bits per heavy atom. The molecular weight excluding hydrogens is 204 g/mol. The highest BCUT2D eigenvalue weighted by molar-refractivity contribution is 4.90. The molecule has 0 aromatic rings. The minimum Gasteiger partial charge on any atom is -0.605 e. The minimum absolute atomic E-state index is 0.159. The van der Waals surface area contributed by atoms with Crippen LogP contribution in [-0.2, 0) is 4.74 Å². The Morgan fingerprint density at radius 3 is 2.88 bits per heavy atom. The van der Waals surface area contributed by atoms with Crippen LogP contribution in [0.5, 0.6) is 0 Å². The van der Waals surface area contributed by atoms with Gasteiger partial charge in [0.1, 0.15) is 5.95 Å². The lowest BCUT2D eigenvalue weighted by molar-refractivity contribution is -0.367. The topological polar surface area (TPSA) is 60.4 Å². The zero-order valence-electron chi connectivity index (χ0n) is 11.1. The van der Waals surface area contributed by atoms with Gasteiger partial charge in [-0.2, -0.15) is 0 Å². The van der Waals surface area contributed by atoms with E-state index in [1.165, 1.54) is 0 Å². The lowest BCUT2D eigenvalue weighted by atomic mass is 9.75. The van der Waals surface area contributed by atoms with E-state index in [1.807, 2.05) is 0 Å². The van der Waals surface area contributed by atoms with Gasteiger partial charge in [0.05, 0.1) is 0 Å². The molecule has 4 nitrogen and oxygen atoms in total. The molecule has 0 aliphatic heterocycles. The maximum absolute atomic E-state index is 11.4. The quantitative estimate of drug-likeness (QED) is 0.547. The predicted molar refractivity (Wildman–Crippen MR) is 59.4 cm³/mol. The first-order valence-corrected chi connectivity index (χ1v) is 5.85. The molecule has 0 bridgehead atoms. The molecule has 0 radical (unpaired) electrons. The summed E-state index contributed by atoms with van der Waals surface area (Å²) in [5.74, 6) is 0.475. The van der Waals surface area contributed by atoms with E-state index in [2.05, 4.69) is 25.7 Å². The fraction of sp³-hybridized carbons (Fsp3) is 0.833. The molecule has 0 N–H and O–H groups in total. The van der Waals surface area contributed by atoms with Crippen molar-refractivity contribution >= 4 is 0 Å². The van der Waals surface area contributed by atoms with E-state index < -0.39 is 12.1 Å². The SMILES string of the molecule is [2H]/C([N+]#N)=C(/[O-])O[C@@H]1C[C@H](C)CC[C@H]1C(C)C. The van der Waals surface area contributed by atoms with E-state index in [0.29, 0.717) is 17.8 Å². The number of diazo groups is 1. The highest BCUT2D eigenvalue weighted by Crippen LogP contribution is 2.35. The summed E-state index contributed by atoms with van der Waals surface area (Å²) in [5.41, 5.74) is 0. The number of hydrogen-bond donors (Lipinski definition) is 0. The van der Waals surface area contributed by atoms with Crippen molar-refractivity contribution in [1.29, 1.82) is 5.39 Å². The fourth-order valence-electron chi connectivity index (χ4n) is 2.45. The molecule has 4 heteroatoms. The number of ether oxygens (including phenoxy) is 1. The molecule has 1 aliphatic carbocycles. The molecule has 0 aromatic carbocycles. The Kier molecular flexibility index (Phi) is 4.03. The summed E-state index contributed by atoms with van der Waals surface area (Å²) in [4.78, 5) is 2.55. The zero-order chi connectivity index (χ0) is 13.0. The van der Waals surface area contributed by atoms with E-state index in [-0.39, 0.29) is 6.10 Å². The molecule has 0 unspecified atom stereocenters. The summed E-state index contributed by atoms with van der Waals surface area (Å²) >= 11 is 0. The van der Waals surface area contributed by atoms with Crippen molar-refractivity contribution in [2.75, 3.05) is 0 Å². The molecule has 1 rings (SSSR count). The van der Waals surface area contributed by atoms with Crippen LogP contribution in [0.1, 0.15) is 41.4 Å². The third kappa shape index (κ3) is 3.41. The van der Waals surface area contributed by atoms with Crippen LogP contribution in [0, 0.1) is 23.1 Å². The summed E-state index contributed by atoms with van der Waals surface area (Å²) in [6, 6.07) is 0. The van der Waals surface area contributed by atoms with Crippen molar-refractivity contribution in [2.45, 2.75) is 46.1 Å². The second-order valence-electron chi connectivity index (χ2n) is 4.98. The maximum atomic E-state index is 11.4. The van der Waals surface area contributed by atoms with Crippen molar-refractivity contribution in [3.05, 3.63) is 17.1 Å². The molecule has 0 amide bonds. The van der Waals surface area contributed by atoms with E-state index in [0.717, 1.165) is 19.3 Å². The lowest BCUT2D eigenvalue weighted by Crippen LogP contribution is -2.35. The van der Waals surface area contributed by atoms with Crippen LogP contribution >= 0.6 is 0 Å². The van der Waals surface area contributed by atoms with Crippen molar-refractivity contribution in [2.24, 2.45) is 17.8 Å². The first-order valence-electron chi connectivity index (χ1n) is 6.35. The molecule has 3 atom stereocenters. The normalized spacial score (nSPS) is 32.7. The van der Waals surface area contributed by atoms with Crippen LogP contribution in [0.15, 0.2) is 12.1 Å². The molecule has 0 spiro atoms.